The fourth-order valence-corrected chi connectivity index (χ4v) is 5.79. The van der Waals surface area contributed by atoms with E-state index in [-0.39, 0.29) is 5.57 Å². The van der Waals surface area contributed by atoms with Gasteiger partial charge in [0.15, 0.2) is 0 Å². The minimum Gasteiger partial charge on any atom is -0.267 e. The normalized spacial score (nSPS) is 15.7. The van der Waals surface area contributed by atoms with Crippen molar-refractivity contribution in [2.24, 2.45) is 0 Å². The van der Waals surface area contributed by atoms with Crippen LogP contribution in [0.5, 0.6) is 0 Å². The van der Waals surface area contributed by atoms with E-state index in [1.54, 1.807) is 30.3 Å². The number of carbonyl (C=O) groups excluding carboxylic acids is 3. The fraction of sp³-hybridized carbons (Fsp3) is 0.190. The lowest BCUT2D eigenvalue weighted by molar-refractivity contribution is -0.129. The van der Waals surface area contributed by atoms with E-state index in [2.05, 4.69) is 0 Å². The molecule has 4 rings (SSSR count). The zero-order valence-electron chi connectivity index (χ0n) is 16.4. The second kappa shape index (κ2) is 8.71. The molecule has 0 aromatic heterocycles. The Bertz CT molecular complexity index is 1150. The third kappa shape index (κ3) is 3.66. The summed E-state index contributed by atoms with van der Waals surface area (Å²) in [6.07, 6.45) is 0. The maximum Gasteiger partial charge on any atom is 0.354 e. The second-order valence-corrected chi connectivity index (χ2v) is 10.2. The highest BCUT2D eigenvalue weighted by molar-refractivity contribution is 7.99. The second-order valence-electron chi connectivity index (χ2n) is 6.57. The molecule has 1 saturated heterocycles. The quantitative estimate of drug-likeness (QED) is 0.225. The van der Waals surface area contributed by atoms with Gasteiger partial charge in [0.2, 0.25) is 0 Å². The molecular weight excluding hydrogens is 499 g/mol. The fourth-order valence-electron chi connectivity index (χ4n) is 3.65. The average molecular weight is 514 g/mol. The number of imide groups is 2. The van der Waals surface area contributed by atoms with Crippen molar-refractivity contribution >= 4 is 82.1 Å². The van der Waals surface area contributed by atoms with Gasteiger partial charge in [-0.3, -0.25) is 9.59 Å². The Labute approximate surface area is 203 Å². The maximum atomic E-state index is 13.4. The van der Waals surface area contributed by atoms with Crippen molar-refractivity contribution in [3.8, 4) is 11.1 Å². The van der Waals surface area contributed by atoms with Gasteiger partial charge in [-0.2, -0.15) is 8.61 Å². The molecule has 0 saturated carbocycles. The molecule has 2 aromatic carbocycles. The summed E-state index contributed by atoms with van der Waals surface area (Å²) in [7, 11) is 0. The molecule has 4 amide bonds. The van der Waals surface area contributed by atoms with Gasteiger partial charge in [0.25, 0.3) is 11.8 Å². The topological polar surface area (TPSA) is 57.7 Å². The van der Waals surface area contributed by atoms with E-state index < -0.39 is 17.8 Å². The third-order valence-corrected chi connectivity index (χ3v) is 7.18. The number of barbiturate groups is 1. The van der Waals surface area contributed by atoms with Crippen molar-refractivity contribution in [3.05, 3.63) is 62.1 Å². The van der Waals surface area contributed by atoms with E-state index in [4.69, 9.17) is 34.8 Å². The van der Waals surface area contributed by atoms with Crippen LogP contribution in [0.2, 0.25) is 15.1 Å². The monoisotopic (exact) mass is 512 g/mol. The summed E-state index contributed by atoms with van der Waals surface area (Å²) in [6.45, 7) is 3.65. The van der Waals surface area contributed by atoms with Gasteiger partial charge in [-0.1, -0.05) is 54.7 Å². The van der Waals surface area contributed by atoms with Crippen LogP contribution in [0.15, 0.2) is 35.9 Å². The largest absolute Gasteiger partial charge is 0.354 e. The predicted octanol–water partition coefficient (Wildman–Crippen LogP) is 6.56. The molecule has 10 heteroatoms. The molecule has 2 aliphatic rings. The minimum absolute atomic E-state index is 0.109. The molecule has 31 heavy (non-hydrogen) atoms. The lowest BCUT2D eigenvalue weighted by Gasteiger charge is -2.32. The Balaban J connectivity index is 2.07. The number of benzene rings is 2. The Morgan fingerprint density at radius 1 is 0.742 bits per heavy atom. The summed E-state index contributed by atoms with van der Waals surface area (Å²) in [6, 6.07) is 7.82. The first-order chi connectivity index (χ1) is 14.8. The van der Waals surface area contributed by atoms with Crippen LogP contribution in [0, 0.1) is 0 Å². The molecule has 0 bridgehead atoms. The maximum absolute atomic E-state index is 13.4. The highest BCUT2D eigenvalue weighted by atomic mass is 35.5. The van der Waals surface area contributed by atoms with Gasteiger partial charge >= 0.3 is 6.03 Å². The number of rotatable bonds is 4. The highest BCUT2D eigenvalue weighted by Gasteiger charge is 2.46. The first-order valence-corrected chi connectivity index (χ1v) is 12.3. The zero-order chi connectivity index (χ0) is 22.4. The van der Waals surface area contributed by atoms with Gasteiger partial charge in [-0.15, -0.1) is 0 Å². The molecule has 160 valence electrons. The molecule has 1 fully saturated rings. The molecule has 2 aromatic rings. The Kier molecular flexibility index (Phi) is 6.34. The number of hydrogen-bond donors (Lipinski definition) is 0. The molecule has 0 atom stereocenters. The molecular formula is C21H15Cl3N2O3S2. The number of urea groups is 1. The van der Waals surface area contributed by atoms with Crippen LogP contribution in [0.3, 0.4) is 0 Å². The van der Waals surface area contributed by atoms with E-state index in [0.717, 1.165) is 38.1 Å². The lowest BCUT2D eigenvalue weighted by Crippen LogP contribution is -2.51. The van der Waals surface area contributed by atoms with Gasteiger partial charge in [-0.25, -0.2) is 4.79 Å². The van der Waals surface area contributed by atoms with Crippen molar-refractivity contribution in [1.29, 1.82) is 0 Å². The first-order valence-electron chi connectivity index (χ1n) is 9.32. The lowest BCUT2D eigenvalue weighted by atomic mass is 9.96. The summed E-state index contributed by atoms with van der Waals surface area (Å²) in [4.78, 5) is 39.7. The van der Waals surface area contributed by atoms with Gasteiger partial charge < -0.3 is 0 Å². The summed E-state index contributed by atoms with van der Waals surface area (Å²) in [5, 5.41) is 1.21. The first kappa shape index (κ1) is 22.6. The number of nitrogens with zero attached hydrogens (tertiary/aromatic N) is 2. The van der Waals surface area contributed by atoms with Crippen molar-refractivity contribution in [2.45, 2.75) is 13.8 Å². The summed E-state index contributed by atoms with van der Waals surface area (Å²) in [5.41, 5.74) is 2.84. The molecule has 1 aliphatic heterocycles. The van der Waals surface area contributed by atoms with Gasteiger partial charge in [0.05, 0.1) is 5.02 Å². The number of hydrogen-bond acceptors (Lipinski definition) is 5. The summed E-state index contributed by atoms with van der Waals surface area (Å²) in [5.74, 6) is -0.370. The van der Waals surface area contributed by atoms with E-state index in [9.17, 15) is 14.4 Å². The van der Waals surface area contributed by atoms with E-state index in [1.807, 2.05) is 13.8 Å². The third-order valence-electron chi connectivity index (χ3n) is 4.76. The van der Waals surface area contributed by atoms with Crippen LogP contribution in [0.1, 0.15) is 25.0 Å². The molecule has 1 heterocycles. The number of fused-ring (bicyclic) bond motifs is 3. The van der Waals surface area contributed by atoms with Crippen LogP contribution in [0.4, 0.5) is 4.79 Å². The van der Waals surface area contributed by atoms with Gasteiger partial charge in [0, 0.05) is 32.7 Å². The number of amides is 4. The molecule has 0 radical (unpaired) electrons. The molecule has 0 spiro atoms. The van der Waals surface area contributed by atoms with Crippen molar-refractivity contribution in [2.75, 3.05) is 11.5 Å². The molecule has 5 nitrogen and oxygen atoms in total. The van der Waals surface area contributed by atoms with E-state index >= 15 is 0 Å². The van der Waals surface area contributed by atoms with Crippen molar-refractivity contribution in [3.63, 3.8) is 0 Å². The molecule has 0 unspecified atom stereocenters. The molecule has 0 N–H and O–H groups in total. The van der Waals surface area contributed by atoms with Crippen LogP contribution in [0.25, 0.3) is 16.7 Å². The van der Waals surface area contributed by atoms with Crippen molar-refractivity contribution < 1.29 is 14.4 Å². The standard InChI is InChI=1S/C21H15Cl3N2O3S2/c1-3-30-25-19(27)18(20(28)26(21(25)29)31-4-2)17-13-7-10(22)5-6-12(13)16-14(17)8-11(23)9-15(16)24/h5-9H,3-4H2,1-2H3. The number of halogens is 3. The SMILES string of the molecule is CCSN1C(=O)C(=C2c3cc(Cl)ccc3-c3c(Cl)cc(Cl)cc32)C(=O)N(SCC)C1=O. The van der Waals surface area contributed by atoms with E-state index in [0.29, 0.717) is 48.8 Å². The van der Waals surface area contributed by atoms with Crippen molar-refractivity contribution in [1.82, 2.24) is 8.61 Å². The zero-order valence-corrected chi connectivity index (χ0v) is 20.3. The average Bonchev–Trinajstić information content (AvgIpc) is 3.02. The number of carbonyl (C=O) groups is 3. The Morgan fingerprint density at radius 3 is 1.90 bits per heavy atom. The van der Waals surface area contributed by atoms with E-state index in [1.165, 1.54) is 0 Å². The highest BCUT2D eigenvalue weighted by Crippen LogP contribution is 2.51. The van der Waals surface area contributed by atoms with Gasteiger partial charge in [0.1, 0.15) is 5.57 Å². The van der Waals surface area contributed by atoms with Crippen LogP contribution < -0.4 is 0 Å². The molecule has 1 aliphatic carbocycles. The smallest absolute Gasteiger partial charge is 0.267 e. The van der Waals surface area contributed by atoms with Gasteiger partial charge in [-0.05, 0) is 64.9 Å². The van der Waals surface area contributed by atoms with Crippen LogP contribution in [-0.2, 0) is 9.59 Å². The van der Waals surface area contributed by atoms with Crippen LogP contribution >= 0.6 is 58.7 Å². The Morgan fingerprint density at radius 2 is 1.32 bits per heavy atom. The van der Waals surface area contributed by atoms with Crippen LogP contribution in [-0.4, -0.2) is 38.0 Å². The predicted molar refractivity (Wildman–Crippen MR) is 128 cm³/mol. The summed E-state index contributed by atoms with van der Waals surface area (Å²) >= 11 is 21.1. The summed E-state index contributed by atoms with van der Waals surface area (Å²) < 4.78 is 2.06. The minimum atomic E-state index is -0.667. The Hall–Kier alpha value is -1.64.